The fraction of sp³-hybridized carbons (Fsp3) is 0.231. The van der Waals surface area contributed by atoms with Crippen molar-refractivity contribution >= 4 is 0 Å². The van der Waals surface area contributed by atoms with E-state index in [1.165, 1.54) is 11.1 Å². The van der Waals surface area contributed by atoms with Crippen molar-refractivity contribution in [1.82, 2.24) is 4.98 Å². The molecule has 0 aliphatic heterocycles. The van der Waals surface area contributed by atoms with E-state index in [1.54, 1.807) is 0 Å². The summed E-state index contributed by atoms with van der Waals surface area (Å²) in [5, 5.41) is 0. The Morgan fingerprint density at radius 1 is 0.929 bits per heavy atom. The van der Waals surface area contributed by atoms with Gasteiger partial charge in [0.2, 0.25) is 0 Å². The van der Waals surface area contributed by atoms with Crippen LogP contribution in [0.3, 0.4) is 0 Å². The van der Waals surface area contributed by atoms with E-state index in [4.69, 9.17) is 0 Å². The van der Waals surface area contributed by atoms with E-state index in [-0.39, 0.29) is 5.41 Å². The molecule has 0 unspecified atom stereocenters. The van der Waals surface area contributed by atoms with Gasteiger partial charge in [0.1, 0.15) is 0 Å². The summed E-state index contributed by atoms with van der Waals surface area (Å²) in [6, 6.07) is 12.7. The molecule has 0 atom stereocenters. The number of nitrogens with one attached hydrogen (secondary N) is 1. The highest BCUT2D eigenvalue weighted by molar-refractivity contribution is 5.35. The van der Waals surface area contributed by atoms with Crippen LogP contribution in [-0.4, -0.2) is 4.98 Å². The van der Waals surface area contributed by atoms with E-state index in [0.717, 1.165) is 0 Å². The van der Waals surface area contributed by atoms with Gasteiger partial charge in [-0.05, 0) is 17.2 Å². The summed E-state index contributed by atoms with van der Waals surface area (Å²) in [6.45, 7) is 4.48. The minimum absolute atomic E-state index is 0.0846. The number of aromatic nitrogens is 1. The van der Waals surface area contributed by atoms with Gasteiger partial charge in [0.05, 0.1) is 0 Å². The zero-order chi connectivity index (χ0) is 10.0. The van der Waals surface area contributed by atoms with Crippen molar-refractivity contribution in [3.63, 3.8) is 0 Å². The summed E-state index contributed by atoms with van der Waals surface area (Å²) in [5.41, 5.74) is 2.75. The van der Waals surface area contributed by atoms with E-state index in [9.17, 15) is 0 Å². The molecule has 0 bridgehead atoms. The maximum Gasteiger partial charge on any atom is 0.0161 e. The average Bonchev–Trinajstić information content (AvgIpc) is 2.72. The summed E-state index contributed by atoms with van der Waals surface area (Å²) < 4.78 is 0. The molecule has 72 valence electrons. The lowest BCUT2D eigenvalue weighted by molar-refractivity contribution is 0.642. The van der Waals surface area contributed by atoms with Crippen LogP contribution < -0.4 is 0 Å². The number of rotatable bonds is 2. The molecule has 0 amide bonds. The first-order valence-electron chi connectivity index (χ1n) is 4.90. The molecule has 1 N–H and O–H groups in total. The largest absolute Gasteiger partial charge is 0.367 e. The Morgan fingerprint density at radius 2 is 1.64 bits per heavy atom. The monoisotopic (exact) mass is 185 g/mol. The molecular formula is C13H15N. The second-order valence-electron chi connectivity index (χ2n) is 4.09. The van der Waals surface area contributed by atoms with Gasteiger partial charge in [0.25, 0.3) is 0 Å². The average molecular weight is 185 g/mol. The summed E-state index contributed by atoms with van der Waals surface area (Å²) in [4.78, 5) is 3.11. The van der Waals surface area contributed by atoms with Crippen LogP contribution in [0.4, 0.5) is 0 Å². The summed E-state index contributed by atoms with van der Waals surface area (Å²) in [5.74, 6) is 0. The molecular weight excluding hydrogens is 170 g/mol. The van der Waals surface area contributed by atoms with Gasteiger partial charge >= 0.3 is 0 Å². The van der Waals surface area contributed by atoms with Crippen LogP contribution in [-0.2, 0) is 5.41 Å². The minimum Gasteiger partial charge on any atom is -0.367 e. The maximum absolute atomic E-state index is 3.11. The smallest absolute Gasteiger partial charge is 0.0161 e. The molecule has 0 radical (unpaired) electrons. The van der Waals surface area contributed by atoms with Gasteiger partial charge in [0, 0.05) is 17.8 Å². The third kappa shape index (κ3) is 1.46. The van der Waals surface area contributed by atoms with Crippen LogP contribution in [0.1, 0.15) is 25.0 Å². The Hall–Kier alpha value is -1.50. The quantitative estimate of drug-likeness (QED) is 0.738. The number of aromatic amines is 1. The lowest BCUT2D eigenvalue weighted by Crippen LogP contribution is -2.17. The molecule has 2 aromatic rings. The fourth-order valence-electron chi connectivity index (χ4n) is 1.73. The summed E-state index contributed by atoms with van der Waals surface area (Å²) >= 11 is 0. The minimum atomic E-state index is 0.0846. The van der Waals surface area contributed by atoms with Crippen LogP contribution in [0.5, 0.6) is 0 Å². The van der Waals surface area contributed by atoms with E-state index < -0.39 is 0 Å². The standard InChI is InChI=1S/C13H15N/c1-13(2,12-8-9-14-10-12)11-6-4-3-5-7-11/h3-10,14H,1-2H3. The zero-order valence-electron chi connectivity index (χ0n) is 8.62. The first kappa shape index (κ1) is 9.07. The Balaban J connectivity index is 2.43. The number of hydrogen-bond acceptors (Lipinski definition) is 0. The molecule has 1 nitrogen and oxygen atoms in total. The molecule has 1 aromatic carbocycles. The number of hydrogen-bond donors (Lipinski definition) is 1. The lowest BCUT2D eigenvalue weighted by Gasteiger charge is -2.24. The van der Waals surface area contributed by atoms with Crippen molar-refractivity contribution in [2.45, 2.75) is 19.3 Å². The van der Waals surface area contributed by atoms with Gasteiger partial charge in [-0.25, -0.2) is 0 Å². The molecule has 2 rings (SSSR count). The Kier molecular flexibility index (Phi) is 2.16. The predicted molar refractivity (Wildman–Crippen MR) is 59.4 cm³/mol. The molecule has 0 aliphatic carbocycles. The zero-order valence-corrected chi connectivity index (χ0v) is 8.62. The Morgan fingerprint density at radius 3 is 2.21 bits per heavy atom. The van der Waals surface area contributed by atoms with Crippen LogP contribution >= 0.6 is 0 Å². The van der Waals surface area contributed by atoms with Crippen molar-refractivity contribution < 1.29 is 0 Å². The van der Waals surface area contributed by atoms with E-state index >= 15 is 0 Å². The highest BCUT2D eigenvalue weighted by atomic mass is 14.6. The van der Waals surface area contributed by atoms with Crippen LogP contribution in [0.25, 0.3) is 0 Å². The SMILES string of the molecule is CC(C)(c1ccccc1)c1cc[nH]c1. The molecule has 0 saturated heterocycles. The van der Waals surface area contributed by atoms with E-state index in [2.05, 4.69) is 61.4 Å². The number of benzene rings is 1. The van der Waals surface area contributed by atoms with Crippen molar-refractivity contribution in [3.8, 4) is 0 Å². The van der Waals surface area contributed by atoms with Gasteiger partial charge in [-0.3, -0.25) is 0 Å². The second-order valence-corrected chi connectivity index (χ2v) is 4.09. The Bertz CT molecular complexity index is 384. The highest BCUT2D eigenvalue weighted by Crippen LogP contribution is 2.30. The Labute approximate surface area is 84.8 Å². The van der Waals surface area contributed by atoms with Crippen LogP contribution in [0, 0.1) is 0 Å². The maximum atomic E-state index is 3.11. The van der Waals surface area contributed by atoms with Crippen LogP contribution in [0.15, 0.2) is 48.8 Å². The normalized spacial score (nSPS) is 11.6. The topological polar surface area (TPSA) is 15.8 Å². The van der Waals surface area contributed by atoms with Gasteiger partial charge in [-0.2, -0.15) is 0 Å². The third-order valence-corrected chi connectivity index (χ3v) is 2.82. The molecule has 1 heterocycles. The molecule has 0 saturated carbocycles. The highest BCUT2D eigenvalue weighted by Gasteiger charge is 2.22. The van der Waals surface area contributed by atoms with Crippen molar-refractivity contribution in [1.29, 1.82) is 0 Å². The number of H-pyrrole nitrogens is 1. The van der Waals surface area contributed by atoms with E-state index in [1.807, 2.05) is 6.20 Å². The molecule has 1 heteroatoms. The molecule has 0 spiro atoms. The van der Waals surface area contributed by atoms with Gasteiger partial charge in [-0.15, -0.1) is 0 Å². The van der Waals surface area contributed by atoms with Gasteiger partial charge < -0.3 is 4.98 Å². The first-order chi connectivity index (χ1) is 6.71. The first-order valence-corrected chi connectivity index (χ1v) is 4.90. The van der Waals surface area contributed by atoms with Crippen LogP contribution in [0.2, 0.25) is 0 Å². The summed E-state index contributed by atoms with van der Waals surface area (Å²) in [7, 11) is 0. The van der Waals surface area contributed by atoms with E-state index in [0.29, 0.717) is 0 Å². The van der Waals surface area contributed by atoms with Crippen molar-refractivity contribution in [2.75, 3.05) is 0 Å². The van der Waals surface area contributed by atoms with Gasteiger partial charge in [-0.1, -0.05) is 44.2 Å². The molecule has 0 fully saturated rings. The molecule has 0 aliphatic rings. The predicted octanol–water partition coefficient (Wildman–Crippen LogP) is 3.34. The lowest BCUT2D eigenvalue weighted by atomic mass is 9.79. The molecule has 1 aromatic heterocycles. The van der Waals surface area contributed by atoms with Crippen molar-refractivity contribution in [3.05, 3.63) is 59.9 Å². The molecule has 14 heavy (non-hydrogen) atoms. The van der Waals surface area contributed by atoms with Gasteiger partial charge in [0.15, 0.2) is 0 Å². The third-order valence-electron chi connectivity index (χ3n) is 2.82. The second kappa shape index (κ2) is 3.33. The summed E-state index contributed by atoms with van der Waals surface area (Å²) in [6.07, 6.45) is 4.03. The van der Waals surface area contributed by atoms with Crippen molar-refractivity contribution in [2.24, 2.45) is 0 Å². The fourth-order valence-corrected chi connectivity index (χ4v) is 1.73.